The van der Waals surface area contributed by atoms with Gasteiger partial charge in [-0.2, -0.15) is 0 Å². The first-order valence-corrected chi connectivity index (χ1v) is 6.75. The average molecular weight is 292 g/mol. The van der Waals surface area contributed by atoms with E-state index in [-0.39, 0.29) is 6.61 Å². The number of rotatable bonds is 5. The number of benzene rings is 2. The molecule has 0 aromatic heterocycles. The van der Waals surface area contributed by atoms with Crippen molar-refractivity contribution in [1.29, 1.82) is 0 Å². The Morgan fingerprint density at radius 1 is 1.20 bits per heavy atom. The average Bonchev–Trinajstić information content (AvgIpc) is 2.47. The minimum atomic E-state index is -0.662. The van der Waals surface area contributed by atoms with Gasteiger partial charge in [-0.3, -0.25) is 0 Å². The Bertz CT molecular complexity index is 588. The van der Waals surface area contributed by atoms with Gasteiger partial charge in [-0.25, -0.2) is 0 Å². The molecule has 1 atom stereocenters. The molecule has 0 aliphatic heterocycles. The minimum absolute atomic E-state index is 0.0755. The smallest absolute Gasteiger partial charge is 0.120 e. The standard InChI is InChI=1S/C16H18ClNO2/c1-16(11-19,14-8-3-4-9-15(14)17)18-12-6-5-7-13(10-12)20-2/h3-10,18-19H,11H2,1-2H3. The maximum atomic E-state index is 9.80. The molecule has 0 saturated carbocycles. The maximum Gasteiger partial charge on any atom is 0.120 e. The van der Waals surface area contributed by atoms with E-state index in [1.165, 1.54) is 0 Å². The molecule has 20 heavy (non-hydrogen) atoms. The number of nitrogens with one attached hydrogen (secondary N) is 1. The first-order chi connectivity index (χ1) is 9.59. The number of methoxy groups -OCH3 is 1. The summed E-state index contributed by atoms with van der Waals surface area (Å²) in [7, 11) is 1.62. The quantitative estimate of drug-likeness (QED) is 0.883. The van der Waals surface area contributed by atoms with Crippen LogP contribution in [0.1, 0.15) is 12.5 Å². The molecule has 0 spiro atoms. The zero-order chi connectivity index (χ0) is 14.6. The molecule has 0 bridgehead atoms. The number of hydrogen-bond donors (Lipinski definition) is 2. The van der Waals surface area contributed by atoms with Crippen molar-refractivity contribution in [3.8, 4) is 5.75 Å². The van der Waals surface area contributed by atoms with Gasteiger partial charge in [-0.1, -0.05) is 35.9 Å². The Morgan fingerprint density at radius 3 is 2.60 bits per heavy atom. The Morgan fingerprint density at radius 2 is 1.95 bits per heavy atom. The zero-order valence-corrected chi connectivity index (χ0v) is 12.3. The third-order valence-corrected chi connectivity index (χ3v) is 3.60. The second-order valence-electron chi connectivity index (χ2n) is 4.83. The third-order valence-electron chi connectivity index (χ3n) is 3.27. The summed E-state index contributed by atoms with van der Waals surface area (Å²) in [5.74, 6) is 0.759. The largest absolute Gasteiger partial charge is 0.497 e. The molecule has 3 nitrogen and oxygen atoms in total. The van der Waals surface area contributed by atoms with Crippen molar-refractivity contribution in [3.63, 3.8) is 0 Å². The lowest BCUT2D eigenvalue weighted by Gasteiger charge is -2.31. The summed E-state index contributed by atoms with van der Waals surface area (Å²) in [5.41, 5.74) is 1.05. The van der Waals surface area contributed by atoms with Crippen LogP contribution in [0.5, 0.6) is 5.75 Å². The number of halogens is 1. The SMILES string of the molecule is COc1cccc(NC(C)(CO)c2ccccc2Cl)c1. The zero-order valence-electron chi connectivity index (χ0n) is 11.6. The molecule has 2 N–H and O–H groups in total. The fraction of sp³-hybridized carbons (Fsp3) is 0.250. The van der Waals surface area contributed by atoms with E-state index in [2.05, 4.69) is 5.32 Å². The Balaban J connectivity index is 2.34. The molecule has 1 unspecified atom stereocenters. The summed E-state index contributed by atoms with van der Waals surface area (Å²) in [6.07, 6.45) is 0. The molecule has 0 amide bonds. The first kappa shape index (κ1) is 14.7. The highest BCUT2D eigenvalue weighted by Crippen LogP contribution is 2.31. The van der Waals surface area contributed by atoms with Crippen molar-refractivity contribution < 1.29 is 9.84 Å². The van der Waals surface area contributed by atoms with Gasteiger partial charge in [0.1, 0.15) is 5.75 Å². The van der Waals surface area contributed by atoms with E-state index >= 15 is 0 Å². The molecule has 106 valence electrons. The first-order valence-electron chi connectivity index (χ1n) is 6.37. The van der Waals surface area contributed by atoms with E-state index in [9.17, 15) is 5.11 Å². The number of hydrogen-bond acceptors (Lipinski definition) is 3. The van der Waals surface area contributed by atoms with Crippen molar-refractivity contribution >= 4 is 17.3 Å². The summed E-state index contributed by atoms with van der Waals surface area (Å²) in [6.45, 7) is 1.83. The normalized spacial score (nSPS) is 13.6. The lowest BCUT2D eigenvalue weighted by Crippen LogP contribution is -2.36. The summed E-state index contributed by atoms with van der Waals surface area (Å²) < 4.78 is 5.20. The molecule has 0 aliphatic rings. The number of ether oxygens (including phenoxy) is 1. The van der Waals surface area contributed by atoms with Crippen molar-refractivity contribution in [3.05, 3.63) is 59.1 Å². The van der Waals surface area contributed by atoms with E-state index in [1.807, 2.05) is 55.5 Å². The summed E-state index contributed by atoms with van der Waals surface area (Å²) >= 11 is 6.24. The van der Waals surface area contributed by atoms with Gasteiger partial charge in [0, 0.05) is 16.8 Å². The number of aliphatic hydroxyl groups excluding tert-OH is 1. The van der Waals surface area contributed by atoms with Crippen LogP contribution in [0.3, 0.4) is 0 Å². The van der Waals surface area contributed by atoms with Crippen LogP contribution in [0, 0.1) is 0 Å². The fourth-order valence-corrected chi connectivity index (χ4v) is 2.46. The van der Waals surface area contributed by atoms with Gasteiger partial charge in [0.2, 0.25) is 0 Å². The second kappa shape index (κ2) is 6.16. The predicted octanol–water partition coefficient (Wildman–Crippen LogP) is 3.67. The molecular weight excluding hydrogens is 274 g/mol. The summed E-state index contributed by atoms with van der Waals surface area (Å²) in [5, 5.41) is 13.7. The van der Waals surface area contributed by atoms with Crippen LogP contribution in [-0.4, -0.2) is 18.8 Å². The van der Waals surface area contributed by atoms with Gasteiger partial charge in [0.15, 0.2) is 0 Å². The number of aliphatic hydroxyl groups is 1. The minimum Gasteiger partial charge on any atom is -0.497 e. The Hall–Kier alpha value is -1.71. The van der Waals surface area contributed by atoms with E-state index in [0.29, 0.717) is 5.02 Å². The fourth-order valence-electron chi connectivity index (χ4n) is 2.12. The highest BCUT2D eigenvalue weighted by atomic mass is 35.5. The van der Waals surface area contributed by atoms with Crippen LogP contribution in [0.15, 0.2) is 48.5 Å². The maximum absolute atomic E-state index is 9.80. The van der Waals surface area contributed by atoms with Crippen LogP contribution < -0.4 is 10.1 Å². The summed E-state index contributed by atoms with van der Waals surface area (Å²) in [4.78, 5) is 0. The molecule has 2 rings (SSSR count). The van der Waals surface area contributed by atoms with Crippen LogP contribution in [-0.2, 0) is 5.54 Å². The van der Waals surface area contributed by atoms with Crippen LogP contribution in [0.2, 0.25) is 5.02 Å². The third kappa shape index (κ3) is 3.06. The summed E-state index contributed by atoms with van der Waals surface area (Å²) in [6, 6.07) is 15.1. The molecular formula is C16H18ClNO2. The van der Waals surface area contributed by atoms with E-state index in [4.69, 9.17) is 16.3 Å². The van der Waals surface area contributed by atoms with Gasteiger partial charge in [0.05, 0.1) is 19.3 Å². The van der Waals surface area contributed by atoms with Crippen LogP contribution in [0.4, 0.5) is 5.69 Å². The molecule has 0 radical (unpaired) electrons. The number of anilines is 1. The second-order valence-corrected chi connectivity index (χ2v) is 5.23. The van der Waals surface area contributed by atoms with Gasteiger partial charge >= 0.3 is 0 Å². The van der Waals surface area contributed by atoms with Gasteiger partial charge in [-0.05, 0) is 30.7 Å². The van der Waals surface area contributed by atoms with Crippen LogP contribution >= 0.6 is 11.6 Å². The van der Waals surface area contributed by atoms with Crippen molar-refractivity contribution in [2.24, 2.45) is 0 Å². The topological polar surface area (TPSA) is 41.5 Å². The van der Waals surface area contributed by atoms with E-state index in [1.54, 1.807) is 7.11 Å². The monoisotopic (exact) mass is 291 g/mol. The Kier molecular flexibility index (Phi) is 4.53. The van der Waals surface area contributed by atoms with Crippen LogP contribution in [0.25, 0.3) is 0 Å². The molecule has 2 aromatic rings. The van der Waals surface area contributed by atoms with Crippen molar-refractivity contribution in [2.75, 3.05) is 19.0 Å². The van der Waals surface area contributed by atoms with E-state index < -0.39 is 5.54 Å². The van der Waals surface area contributed by atoms with Gasteiger partial charge in [-0.15, -0.1) is 0 Å². The molecule has 0 aliphatic carbocycles. The molecule has 0 saturated heterocycles. The highest BCUT2D eigenvalue weighted by Gasteiger charge is 2.27. The molecule has 2 aromatic carbocycles. The predicted molar refractivity (Wildman–Crippen MR) is 82.5 cm³/mol. The molecule has 0 heterocycles. The van der Waals surface area contributed by atoms with Crippen molar-refractivity contribution in [2.45, 2.75) is 12.5 Å². The van der Waals surface area contributed by atoms with Gasteiger partial charge < -0.3 is 15.2 Å². The van der Waals surface area contributed by atoms with Crippen molar-refractivity contribution in [1.82, 2.24) is 0 Å². The molecule has 0 fully saturated rings. The molecule has 4 heteroatoms. The lowest BCUT2D eigenvalue weighted by atomic mass is 9.92. The highest BCUT2D eigenvalue weighted by molar-refractivity contribution is 6.31. The lowest BCUT2D eigenvalue weighted by molar-refractivity contribution is 0.224. The van der Waals surface area contributed by atoms with E-state index in [0.717, 1.165) is 17.0 Å². The van der Waals surface area contributed by atoms with Gasteiger partial charge in [0.25, 0.3) is 0 Å². The Labute approximate surface area is 124 Å².